The predicted molar refractivity (Wildman–Crippen MR) is 69.2 cm³/mol. The molecule has 1 amide bonds. The first kappa shape index (κ1) is 15.4. The van der Waals surface area contributed by atoms with Gasteiger partial charge in [0, 0.05) is 12.5 Å². The fraction of sp³-hybridized carbons (Fsp3) is 0.923. The van der Waals surface area contributed by atoms with Crippen molar-refractivity contribution in [3.63, 3.8) is 0 Å². The maximum absolute atomic E-state index is 11.7. The zero-order valence-corrected chi connectivity index (χ0v) is 11.3. The van der Waals surface area contributed by atoms with Gasteiger partial charge in [0.2, 0.25) is 5.91 Å². The van der Waals surface area contributed by atoms with Gasteiger partial charge in [0.15, 0.2) is 0 Å². The summed E-state index contributed by atoms with van der Waals surface area (Å²) >= 11 is 0. The number of carbonyl (C=O) groups excluding carboxylic acids is 1. The largest absolute Gasteiger partial charge is 0.353 e. The highest BCUT2D eigenvalue weighted by molar-refractivity contribution is 5.76. The molecule has 3 N–H and O–H groups in total. The first-order chi connectivity index (χ1) is 7.45. The van der Waals surface area contributed by atoms with Gasteiger partial charge in [0.25, 0.3) is 0 Å². The predicted octanol–water partition coefficient (Wildman–Crippen LogP) is 2.45. The van der Waals surface area contributed by atoms with E-state index >= 15 is 0 Å². The van der Waals surface area contributed by atoms with Crippen LogP contribution < -0.4 is 11.1 Å². The molecule has 0 radical (unpaired) electrons. The molecule has 96 valence electrons. The molecule has 0 spiro atoms. The van der Waals surface area contributed by atoms with E-state index in [4.69, 9.17) is 5.73 Å². The fourth-order valence-electron chi connectivity index (χ4n) is 1.76. The van der Waals surface area contributed by atoms with Gasteiger partial charge in [-0.05, 0) is 37.6 Å². The second-order valence-corrected chi connectivity index (χ2v) is 5.28. The van der Waals surface area contributed by atoms with E-state index < -0.39 is 0 Å². The van der Waals surface area contributed by atoms with Crippen molar-refractivity contribution in [3.05, 3.63) is 0 Å². The van der Waals surface area contributed by atoms with Crippen LogP contribution in [-0.4, -0.2) is 18.5 Å². The lowest BCUT2D eigenvalue weighted by Gasteiger charge is -2.24. The lowest BCUT2D eigenvalue weighted by Crippen LogP contribution is -2.34. The Morgan fingerprint density at radius 2 is 1.81 bits per heavy atom. The van der Waals surface area contributed by atoms with Crippen LogP contribution in [0.25, 0.3) is 0 Å². The summed E-state index contributed by atoms with van der Waals surface area (Å²) in [6.45, 7) is 9.25. The quantitative estimate of drug-likeness (QED) is 0.670. The topological polar surface area (TPSA) is 55.1 Å². The van der Waals surface area contributed by atoms with E-state index in [2.05, 4.69) is 33.0 Å². The number of hydrogen-bond acceptors (Lipinski definition) is 2. The van der Waals surface area contributed by atoms with Gasteiger partial charge in [-0.1, -0.05) is 27.7 Å². The molecule has 0 saturated heterocycles. The third kappa shape index (κ3) is 6.83. The summed E-state index contributed by atoms with van der Waals surface area (Å²) in [6, 6.07) is 0.338. The van der Waals surface area contributed by atoms with Gasteiger partial charge in [-0.25, -0.2) is 0 Å². The molecule has 0 aromatic heterocycles. The number of nitrogens with two attached hydrogens (primary N) is 1. The van der Waals surface area contributed by atoms with E-state index in [-0.39, 0.29) is 11.3 Å². The third-order valence-electron chi connectivity index (χ3n) is 3.20. The van der Waals surface area contributed by atoms with E-state index in [1.807, 2.05) is 0 Å². The number of amides is 1. The van der Waals surface area contributed by atoms with Crippen LogP contribution >= 0.6 is 0 Å². The zero-order valence-electron chi connectivity index (χ0n) is 11.3. The fourth-order valence-corrected chi connectivity index (χ4v) is 1.76. The molecular weight excluding hydrogens is 200 g/mol. The van der Waals surface area contributed by atoms with Gasteiger partial charge in [-0.15, -0.1) is 0 Å². The molecule has 0 saturated carbocycles. The highest BCUT2D eigenvalue weighted by Gasteiger charge is 2.18. The van der Waals surface area contributed by atoms with Crippen molar-refractivity contribution in [1.82, 2.24) is 5.32 Å². The molecule has 0 unspecified atom stereocenters. The van der Waals surface area contributed by atoms with E-state index in [0.717, 1.165) is 25.7 Å². The summed E-state index contributed by atoms with van der Waals surface area (Å²) in [5.41, 5.74) is 5.72. The Labute approximate surface area is 100 Å². The Morgan fingerprint density at radius 3 is 2.25 bits per heavy atom. The third-order valence-corrected chi connectivity index (χ3v) is 3.20. The summed E-state index contributed by atoms with van der Waals surface area (Å²) in [7, 11) is 0. The molecule has 0 fully saturated rings. The van der Waals surface area contributed by atoms with Crippen molar-refractivity contribution in [2.45, 2.75) is 65.8 Å². The zero-order chi connectivity index (χ0) is 12.6. The summed E-state index contributed by atoms with van der Waals surface area (Å²) in [5, 5.41) is 3.06. The van der Waals surface area contributed by atoms with Gasteiger partial charge in [-0.3, -0.25) is 4.79 Å². The highest BCUT2D eigenvalue weighted by Crippen LogP contribution is 2.25. The van der Waals surface area contributed by atoms with Gasteiger partial charge >= 0.3 is 0 Å². The standard InChI is InChI=1S/C13H28N2O/c1-5-11(6-2)15-12(16)7-8-13(3,4)9-10-14/h11H,5-10,14H2,1-4H3,(H,15,16). The molecule has 0 aliphatic rings. The average molecular weight is 228 g/mol. The Morgan fingerprint density at radius 1 is 1.25 bits per heavy atom. The smallest absolute Gasteiger partial charge is 0.220 e. The van der Waals surface area contributed by atoms with Crippen molar-refractivity contribution in [1.29, 1.82) is 0 Å². The number of nitrogens with one attached hydrogen (secondary N) is 1. The van der Waals surface area contributed by atoms with Crippen LogP contribution in [0.2, 0.25) is 0 Å². The SMILES string of the molecule is CCC(CC)NC(=O)CCC(C)(C)CCN. The molecule has 0 aromatic carbocycles. The summed E-state index contributed by atoms with van der Waals surface area (Å²) in [5.74, 6) is 0.179. The number of carbonyl (C=O) groups is 1. The van der Waals surface area contributed by atoms with Crippen LogP contribution in [0.1, 0.15) is 59.8 Å². The van der Waals surface area contributed by atoms with Crippen molar-refractivity contribution >= 4 is 5.91 Å². The molecule has 3 nitrogen and oxygen atoms in total. The minimum Gasteiger partial charge on any atom is -0.353 e. The maximum Gasteiger partial charge on any atom is 0.220 e. The van der Waals surface area contributed by atoms with Crippen molar-refractivity contribution < 1.29 is 4.79 Å². The van der Waals surface area contributed by atoms with Crippen LogP contribution in [0, 0.1) is 5.41 Å². The maximum atomic E-state index is 11.7. The van der Waals surface area contributed by atoms with E-state index in [9.17, 15) is 4.79 Å². The average Bonchev–Trinajstić information content (AvgIpc) is 2.23. The number of rotatable bonds is 8. The molecule has 0 rings (SSSR count). The van der Waals surface area contributed by atoms with Gasteiger partial charge in [0.1, 0.15) is 0 Å². The lowest BCUT2D eigenvalue weighted by atomic mass is 9.84. The van der Waals surface area contributed by atoms with Crippen molar-refractivity contribution in [2.75, 3.05) is 6.54 Å². The van der Waals surface area contributed by atoms with Crippen LogP contribution in [0.4, 0.5) is 0 Å². The molecule has 0 bridgehead atoms. The first-order valence-corrected chi connectivity index (χ1v) is 6.44. The molecular formula is C13H28N2O. The first-order valence-electron chi connectivity index (χ1n) is 6.44. The summed E-state index contributed by atoms with van der Waals surface area (Å²) < 4.78 is 0. The molecule has 0 heterocycles. The van der Waals surface area contributed by atoms with Gasteiger partial charge in [0.05, 0.1) is 0 Å². The minimum absolute atomic E-state index is 0.179. The van der Waals surface area contributed by atoms with E-state index in [1.54, 1.807) is 0 Å². The van der Waals surface area contributed by atoms with Crippen LogP contribution in [0.15, 0.2) is 0 Å². The van der Waals surface area contributed by atoms with Crippen LogP contribution in [-0.2, 0) is 4.79 Å². The van der Waals surface area contributed by atoms with Crippen LogP contribution in [0.5, 0.6) is 0 Å². The van der Waals surface area contributed by atoms with Gasteiger partial charge in [-0.2, -0.15) is 0 Å². The second-order valence-electron chi connectivity index (χ2n) is 5.28. The Hall–Kier alpha value is -0.570. The Kier molecular flexibility index (Phi) is 7.39. The lowest BCUT2D eigenvalue weighted by molar-refractivity contribution is -0.122. The molecule has 3 heteroatoms. The minimum atomic E-state index is 0.179. The molecule has 0 atom stereocenters. The Balaban J connectivity index is 3.88. The second kappa shape index (κ2) is 7.66. The number of hydrogen-bond donors (Lipinski definition) is 2. The van der Waals surface area contributed by atoms with E-state index in [0.29, 0.717) is 19.0 Å². The molecule has 0 aliphatic carbocycles. The molecule has 16 heavy (non-hydrogen) atoms. The molecule has 0 aliphatic heterocycles. The summed E-state index contributed by atoms with van der Waals surface area (Å²) in [6.07, 6.45) is 4.52. The monoisotopic (exact) mass is 228 g/mol. The highest BCUT2D eigenvalue weighted by atomic mass is 16.1. The van der Waals surface area contributed by atoms with Crippen molar-refractivity contribution in [3.8, 4) is 0 Å². The van der Waals surface area contributed by atoms with Crippen molar-refractivity contribution in [2.24, 2.45) is 11.1 Å². The van der Waals surface area contributed by atoms with Gasteiger partial charge < -0.3 is 11.1 Å². The summed E-state index contributed by atoms with van der Waals surface area (Å²) in [4.78, 5) is 11.7. The molecule has 0 aromatic rings. The Bertz CT molecular complexity index is 198. The normalized spacial score (nSPS) is 11.9. The van der Waals surface area contributed by atoms with E-state index in [1.165, 1.54) is 0 Å². The van der Waals surface area contributed by atoms with Crippen LogP contribution in [0.3, 0.4) is 0 Å².